The second-order valence-electron chi connectivity index (χ2n) is 5.72. The van der Waals surface area contributed by atoms with E-state index in [2.05, 4.69) is 6.92 Å². The first-order chi connectivity index (χ1) is 12.5. The predicted octanol–water partition coefficient (Wildman–Crippen LogP) is 1.15. The van der Waals surface area contributed by atoms with Crippen molar-refractivity contribution in [3.63, 3.8) is 0 Å². The summed E-state index contributed by atoms with van der Waals surface area (Å²) < 4.78 is 21.7. The molecule has 0 saturated heterocycles. The van der Waals surface area contributed by atoms with Crippen LogP contribution in [0.3, 0.4) is 0 Å². The molecule has 0 aliphatic rings. The van der Waals surface area contributed by atoms with Crippen LogP contribution in [0.2, 0.25) is 0 Å². The monoisotopic (exact) mass is 384 g/mol. The molecule has 0 aliphatic carbocycles. The van der Waals surface area contributed by atoms with Crippen LogP contribution in [0.25, 0.3) is 0 Å². The second-order valence-corrected chi connectivity index (χ2v) is 7.00. The van der Waals surface area contributed by atoms with Gasteiger partial charge in [-0.05, 0) is 39.4 Å². The molecule has 0 aromatic heterocycles. The fraction of sp³-hybridized carbons (Fsp3) is 0.350. The van der Waals surface area contributed by atoms with E-state index in [0.717, 1.165) is 17.5 Å². The number of rotatable bonds is 9. The molecule has 2 rings (SSSR count). The summed E-state index contributed by atoms with van der Waals surface area (Å²) in [7, 11) is 4.55. The van der Waals surface area contributed by atoms with Crippen LogP contribution in [0.15, 0.2) is 36.4 Å². The first-order valence-corrected chi connectivity index (χ1v) is 9.40. The van der Waals surface area contributed by atoms with Crippen molar-refractivity contribution in [1.82, 2.24) is 0 Å². The summed E-state index contributed by atoms with van der Waals surface area (Å²) in [6.07, 6.45) is 1.11. The SMILES string of the molecule is CCC(C)Oc1ccc(PC(=O)c2c(OC)cc(OC)cc2OC)cc1.[H-].[Li+]. The van der Waals surface area contributed by atoms with E-state index >= 15 is 0 Å². The van der Waals surface area contributed by atoms with E-state index < -0.39 is 0 Å². The van der Waals surface area contributed by atoms with E-state index in [9.17, 15) is 4.79 Å². The molecule has 27 heavy (non-hydrogen) atoms. The van der Waals surface area contributed by atoms with Gasteiger partial charge in [0, 0.05) is 12.1 Å². The summed E-state index contributed by atoms with van der Waals surface area (Å²) in [5.41, 5.74) is 0.367. The number of carbonyl (C=O) groups is 1. The van der Waals surface area contributed by atoms with E-state index in [4.69, 9.17) is 18.9 Å². The molecule has 2 unspecified atom stereocenters. The molecule has 0 spiro atoms. The minimum absolute atomic E-state index is 0. The van der Waals surface area contributed by atoms with Crippen LogP contribution in [0, 0.1) is 0 Å². The Morgan fingerprint density at radius 2 is 1.56 bits per heavy atom. The Kier molecular flexibility index (Phi) is 9.73. The number of methoxy groups -OCH3 is 3. The topological polar surface area (TPSA) is 54.0 Å². The normalized spacial score (nSPS) is 11.6. The zero-order chi connectivity index (χ0) is 19.1. The first kappa shape index (κ1) is 23.4. The van der Waals surface area contributed by atoms with E-state index in [0.29, 0.717) is 22.8 Å². The molecule has 142 valence electrons. The molecule has 0 aliphatic heterocycles. The van der Waals surface area contributed by atoms with Crippen LogP contribution in [0.5, 0.6) is 23.0 Å². The standard InChI is InChI=1S/C20H25O5P.Li.H/c1-6-13(2)25-14-7-9-16(10-8-14)26-20(21)19-17(23-4)11-15(22-3)12-18(19)24-5;;/h7-13,26H,6H2,1-5H3;;/q;+1;-1. The zero-order valence-corrected chi connectivity index (χ0v) is 17.8. The molecule has 5 nitrogen and oxygen atoms in total. The third kappa shape index (κ3) is 6.18. The van der Waals surface area contributed by atoms with E-state index in [1.165, 1.54) is 14.2 Å². The molecule has 0 fully saturated rings. The quantitative estimate of drug-likeness (QED) is 0.480. The van der Waals surface area contributed by atoms with Crippen molar-refractivity contribution in [2.45, 2.75) is 26.4 Å². The van der Waals surface area contributed by atoms with E-state index in [-0.39, 0.29) is 40.5 Å². The Morgan fingerprint density at radius 3 is 2.00 bits per heavy atom. The Bertz CT molecular complexity index is 730. The van der Waals surface area contributed by atoms with Crippen molar-refractivity contribution >= 4 is 19.4 Å². The van der Waals surface area contributed by atoms with Crippen molar-refractivity contribution < 1.29 is 44.0 Å². The van der Waals surface area contributed by atoms with Crippen molar-refractivity contribution in [2.24, 2.45) is 0 Å². The van der Waals surface area contributed by atoms with E-state index in [1.54, 1.807) is 19.2 Å². The smallest absolute Gasteiger partial charge is 1.00 e. The Morgan fingerprint density at radius 1 is 1.00 bits per heavy atom. The Hall–Kier alpha value is -1.66. The molecule has 0 radical (unpaired) electrons. The van der Waals surface area contributed by atoms with Gasteiger partial charge < -0.3 is 20.4 Å². The number of benzene rings is 2. The van der Waals surface area contributed by atoms with Crippen LogP contribution >= 0.6 is 8.58 Å². The van der Waals surface area contributed by atoms with Gasteiger partial charge in [0.25, 0.3) is 0 Å². The minimum Gasteiger partial charge on any atom is -1.00 e. The maximum absolute atomic E-state index is 12.9. The van der Waals surface area contributed by atoms with Crippen LogP contribution in [0.1, 0.15) is 32.1 Å². The second kappa shape index (κ2) is 11.2. The average molecular weight is 384 g/mol. The summed E-state index contributed by atoms with van der Waals surface area (Å²) in [6.45, 7) is 4.11. The van der Waals surface area contributed by atoms with Gasteiger partial charge in [-0.1, -0.05) is 19.1 Å². The van der Waals surface area contributed by atoms with Gasteiger partial charge >= 0.3 is 18.9 Å². The average Bonchev–Trinajstić information content (AvgIpc) is 2.67. The Balaban J connectivity index is 0.00000364. The fourth-order valence-corrected chi connectivity index (χ4v) is 3.32. The summed E-state index contributed by atoms with van der Waals surface area (Å²) in [5, 5.41) is 0.923. The molecule has 0 heterocycles. The molecule has 2 aromatic rings. The van der Waals surface area contributed by atoms with Gasteiger partial charge in [0.05, 0.1) is 27.4 Å². The summed E-state index contributed by atoms with van der Waals surface area (Å²) in [4.78, 5) is 12.9. The molecular weight excluding hydrogens is 358 g/mol. The fourth-order valence-electron chi connectivity index (χ4n) is 2.36. The largest absolute Gasteiger partial charge is 1.00 e. The van der Waals surface area contributed by atoms with Crippen molar-refractivity contribution in [2.75, 3.05) is 21.3 Å². The van der Waals surface area contributed by atoms with Gasteiger partial charge in [-0.3, -0.25) is 4.79 Å². The van der Waals surface area contributed by atoms with Crippen LogP contribution in [-0.4, -0.2) is 33.0 Å². The number of ether oxygens (including phenoxy) is 4. The summed E-state index contributed by atoms with van der Waals surface area (Å²) >= 11 is 0. The predicted molar refractivity (Wildman–Crippen MR) is 106 cm³/mol. The molecule has 0 amide bonds. The van der Waals surface area contributed by atoms with Crippen molar-refractivity contribution in [1.29, 1.82) is 0 Å². The molecule has 0 bridgehead atoms. The molecule has 0 saturated carbocycles. The molecule has 2 aromatic carbocycles. The van der Waals surface area contributed by atoms with Gasteiger partial charge in [-0.25, -0.2) is 0 Å². The molecule has 0 N–H and O–H groups in total. The third-order valence-electron chi connectivity index (χ3n) is 3.97. The van der Waals surface area contributed by atoms with Gasteiger partial charge in [0.15, 0.2) is 5.52 Å². The molecular formula is C20H26LiO5P. The maximum atomic E-state index is 12.9. The first-order valence-electron chi connectivity index (χ1n) is 8.40. The summed E-state index contributed by atoms with van der Waals surface area (Å²) in [6, 6.07) is 11.0. The van der Waals surface area contributed by atoms with Gasteiger partial charge in [-0.2, -0.15) is 0 Å². The van der Waals surface area contributed by atoms with Gasteiger partial charge in [-0.15, -0.1) is 0 Å². The Labute approximate surface area is 176 Å². The van der Waals surface area contributed by atoms with Crippen LogP contribution in [0.4, 0.5) is 0 Å². The summed E-state index contributed by atoms with van der Waals surface area (Å²) in [5.74, 6) is 2.26. The van der Waals surface area contributed by atoms with Crippen LogP contribution < -0.4 is 43.1 Å². The van der Waals surface area contributed by atoms with Gasteiger partial charge in [0.1, 0.15) is 28.6 Å². The zero-order valence-electron chi connectivity index (χ0n) is 17.8. The minimum atomic E-state index is -0.0584. The molecule has 7 heteroatoms. The third-order valence-corrected chi connectivity index (χ3v) is 5.07. The van der Waals surface area contributed by atoms with Gasteiger partial charge in [0.2, 0.25) is 0 Å². The van der Waals surface area contributed by atoms with E-state index in [1.807, 2.05) is 31.2 Å². The van der Waals surface area contributed by atoms with Crippen molar-refractivity contribution in [3.8, 4) is 23.0 Å². The molecule has 2 atom stereocenters. The number of hydrogen-bond donors (Lipinski definition) is 0. The maximum Gasteiger partial charge on any atom is 1.00 e. The van der Waals surface area contributed by atoms with Crippen molar-refractivity contribution in [3.05, 3.63) is 42.0 Å². The van der Waals surface area contributed by atoms with Crippen LogP contribution in [-0.2, 0) is 0 Å². The number of carbonyl (C=O) groups excluding carboxylic acids is 1. The number of hydrogen-bond acceptors (Lipinski definition) is 5.